The molecule has 0 radical (unpaired) electrons. The molecule has 0 saturated heterocycles. The van der Waals surface area contributed by atoms with Crippen molar-refractivity contribution >= 4 is 5.82 Å². The molecule has 0 amide bonds. The Balaban J connectivity index is 1.97. The van der Waals surface area contributed by atoms with E-state index in [0.717, 1.165) is 24.3 Å². The van der Waals surface area contributed by atoms with Crippen LogP contribution in [0.2, 0.25) is 0 Å². The molecule has 3 unspecified atom stereocenters. The van der Waals surface area contributed by atoms with Crippen LogP contribution in [0.25, 0.3) is 0 Å². The molecule has 1 aromatic rings. The van der Waals surface area contributed by atoms with Crippen LogP contribution in [0.5, 0.6) is 0 Å². The molecular weight excluding hydrogens is 200 g/mol. The first-order valence-corrected chi connectivity index (χ1v) is 6.04. The SMILES string of the molecule is CC1CCC(C(O)Cc2cccnc2N)C1. The predicted molar refractivity (Wildman–Crippen MR) is 64.9 cm³/mol. The van der Waals surface area contributed by atoms with Crippen molar-refractivity contribution in [2.24, 2.45) is 11.8 Å². The van der Waals surface area contributed by atoms with Gasteiger partial charge in [0, 0.05) is 12.6 Å². The van der Waals surface area contributed by atoms with Crippen molar-refractivity contribution in [2.45, 2.75) is 38.7 Å². The standard InChI is InChI=1S/C13H20N2O/c1-9-4-5-10(7-9)12(16)8-11-3-2-6-15-13(11)14/h2-3,6,9-10,12,16H,4-5,7-8H2,1H3,(H2,14,15). The van der Waals surface area contributed by atoms with Gasteiger partial charge in [0.25, 0.3) is 0 Å². The molecule has 3 atom stereocenters. The van der Waals surface area contributed by atoms with Gasteiger partial charge in [0.2, 0.25) is 0 Å². The molecule has 1 heterocycles. The molecule has 0 aliphatic heterocycles. The Labute approximate surface area is 96.7 Å². The Morgan fingerprint density at radius 3 is 3.00 bits per heavy atom. The summed E-state index contributed by atoms with van der Waals surface area (Å²) in [5, 5.41) is 10.2. The molecule has 16 heavy (non-hydrogen) atoms. The van der Waals surface area contributed by atoms with Gasteiger partial charge in [-0.2, -0.15) is 0 Å². The molecule has 3 N–H and O–H groups in total. The molecule has 1 aliphatic carbocycles. The number of pyridine rings is 1. The van der Waals surface area contributed by atoms with Crippen molar-refractivity contribution in [2.75, 3.05) is 5.73 Å². The van der Waals surface area contributed by atoms with E-state index in [0.29, 0.717) is 18.2 Å². The second-order valence-electron chi connectivity index (χ2n) is 5.00. The molecule has 3 heteroatoms. The van der Waals surface area contributed by atoms with E-state index in [-0.39, 0.29) is 6.10 Å². The molecule has 1 fully saturated rings. The number of nitrogens with zero attached hydrogens (tertiary/aromatic N) is 1. The zero-order chi connectivity index (χ0) is 11.5. The van der Waals surface area contributed by atoms with Gasteiger partial charge in [-0.15, -0.1) is 0 Å². The first-order valence-electron chi connectivity index (χ1n) is 6.04. The van der Waals surface area contributed by atoms with Gasteiger partial charge < -0.3 is 10.8 Å². The van der Waals surface area contributed by atoms with Crippen LogP contribution in [-0.4, -0.2) is 16.2 Å². The van der Waals surface area contributed by atoms with Crippen molar-refractivity contribution in [3.8, 4) is 0 Å². The van der Waals surface area contributed by atoms with E-state index in [1.807, 2.05) is 12.1 Å². The van der Waals surface area contributed by atoms with Crippen LogP contribution in [0, 0.1) is 11.8 Å². The minimum atomic E-state index is -0.267. The van der Waals surface area contributed by atoms with Crippen LogP contribution in [0.3, 0.4) is 0 Å². The maximum atomic E-state index is 10.2. The number of nitrogen functional groups attached to an aromatic ring is 1. The first kappa shape index (κ1) is 11.4. The van der Waals surface area contributed by atoms with Crippen LogP contribution in [0.4, 0.5) is 5.82 Å². The lowest BCUT2D eigenvalue weighted by atomic mass is 9.94. The van der Waals surface area contributed by atoms with E-state index in [1.165, 1.54) is 6.42 Å². The number of aliphatic hydroxyl groups is 1. The maximum Gasteiger partial charge on any atom is 0.126 e. The van der Waals surface area contributed by atoms with Crippen LogP contribution in [0.15, 0.2) is 18.3 Å². The zero-order valence-corrected chi connectivity index (χ0v) is 9.76. The Kier molecular flexibility index (Phi) is 3.44. The lowest BCUT2D eigenvalue weighted by Gasteiger charge is -2.18. The van der Waals surface area contributed by atoms with Crippen molar-refractivity contribution in [3.05, 3.63) is 23.9 Å². The fourth-order valence-electron chi connectivity index (χ4n) is 2.62. The van der Waals surface area contributed by atoms with Crippen LogP contribution < -0.4 is 5.73 Å². The van der Waals surface area contributed by atoms with Crippen LogP contribution >= 0.6 is 0 Å². The second-order valence-corrected chi connectivity index (χ2v) is 5.00. The molecule has 0 bridgehead atoms. The quantitative estimate of drug-likeness (QED) is 0.819. The van der Waals surface area contributed by atoms with Gasteiger partial charge in [-0.05, 0) is 36.3 Å². The summed E-state index contributed by atoms with van der Waals surface area (Å²) in [5.74, 6) is 1.74. The van der Waals surface area contributed by atoms with Crippen LogP contribution in [0.1, 0.15) is 31.7 Å². The minimum Gasteiger partial charge on any atom is -0.392 e. The highest BCUT2D eigenvalue weighted by atomic mass is 16.3. The third-order valence-corrected chi connectivity index (χ3v) is 3.63. The molecule has 0 spiro atoms. The summed E-state index contributed by atoms with van der Waals surface area (Å²) in [5.41, 5.74) is 6.74. The van der Waals surface area contributed by atoms with E-state index in [4.69, 9.17) is 5.73 Å². The van der Waals surface area contributed by atoms with E-state index >= 15 is 0 Å². The lowest BCUT2D eigenvalue weighted by molar-refractivity contribution is 0.109. The largest absolute Gasteiger partial charge is 0.392 e. The fourth-order valence-corrected chi connectivity index (χ4v) is 2.62. The summed E-state index contributed by atoms with van der Waals surface area (Å²) < 4.78 is 0. The molecule has 0 aromatic carbocycles. The smallest absolute Gasteiger partial charge is 0.126 e. The Morgan fingerprint density at radius 1 is 1.56 bits per heavy atom. The molecule has 1 aromatic heterocycles. The molecular formula is C13H20N2O. The molecule has 3 nitrogen and oxygen atoms in total. The third kappa shape index (κ3) is 2.53. The highest BCUT2D eigenvalue weighted by Gasteiger charge is 2.27. The average Bonchev–Trinajstić information content (AvgIpc) is 2.68. The zero-order valence-electron chi connectivity index (χ0n) is 9.76. The van der Waals surface area contributed by atoms with Crippen molar-refractivity contribution < 1.29 is 5.11 Å². The number of aliphatic hydroxyl groups excluding tert-OH is 1. The normalized spacial score (nSPS) is 26.9. The second kappa shape index (κ2) is 4.83. The average molecular weight is 220 g/mol. The molecule has 88 valence electrons. The number of anilines is 1. The highest BCUT2D eigenvalue weighted by Crippen LogP contribution is 2.33. The van der Waals surface area contributed by atoms with Crippen molar-refractivity contribution in [1.82, 2.24) is 4.98 Å². The summed E-state index contributed by atoms with van der Waals surface area (Å²) >= 11 is 0. The lowest BCUT2D eigenvalue weighted by Crippen LogP contribution is -2.21. The van der Waals surface area contributed by atoms with Gasteiger partial charge in [0.1, 0.15) is 5.82 Å². The van der Waals surface area contributed by atoms with Crippen LogP contribution in [-0.2, 0) is 6.42 Å². The number of hydrogen-bond donors (Lipinski definition) is 2. The molecule has 2 rings (SSSR count). The molecule has 1 aliphatic rings. The topological polar surface area (TPSA) is 59.1 Å². The monoisotopic (exact) mass is 220 g/mol. The summed E-state index contributed by atoms with van der Waals surface area (Å²) in [6.07, 6.45) is 5.57. The predicted octanol–water partition coefficient (Wildman–Crippen LogP) is 2.00. The molecule has 1 saturated carbocycles. The summed E-state index contributed by atoms with van der Waals surface area (Å²) in [6, 6.07) is 3.82. The first-order chi connectivity index (χ1) is 7.66. The third-order valence-electron chi connectivity index (χ3n) is 3.63. The number of aromatic nitrogens is 1. The van der Waals surface area contributed by atoms with Crippen molar-refractivity contribution in [1.29, 1.82) is 0 Å². The number of hydrogen-bond acceptors (Lipinski definition) is 3. The summed E-state index contributed by atoms with van der Waals surface area (Å²) in [7, 11) is 0. The Bertz CT molecular complexity index is 354. The fraction of sp³-hybridized carbons (Fsp3) is 0.615. The summed E-state index contributed by atoms with van der Waals surface area (Å²) in [6.45, 7) is 2.26. The van der Waals surface area contributed by atoms with E-state index in [1.54, 1.807) is 6.20 Å². The number of rotatable bonds is 3. The maximum absolute atomic E-state index is 10.2. The van der Waals surface area contributed by atoms with Gasteiger partial charge in [0.05, 0.1) is 6.10 Å². The van der Waals surface area contributed by atoms with Crippen molar-refractivity contribution in [3.63, 3.8) is 0 Å². The summed E-state index contributed by atoms with van der Waals surface area (Å²) in [4.78, 5) is 4.04. The Hall–Kier alpha value is -1.09. The van der Waals surface area contributed by atoms with Gasteiger partial charge >= 0.3 is 0 Å². The van der Waals surface area contributed by atoms with Gasteiger partial charge in [-0.1, -0.05) is 19.4 Å². The van der Waals surface area contributed by atoms with E-state index in [2.05, 4.69) is 11.9 Å². The number of nitrogens with two attached hydrogens (primary N) is 1. The van der Waals surface area contributed by atoms with Gasteiger partial charge in [-0.25, -0.2) is 4.98 Å². The van der Waals surface area contributed by atoms with Gasteiger partial charge in [-0.3, -0.25) is 0 Å². The van der Waals surface area contributed by atoms with E-state index in [9.17, 15) is 5.11 Å². The van der Waals surface area contributed by atoms with Gasteiger partial charge in [0.15, 0.2) is 0 Å². The Morgan fingerprint density at radius 2 is 2.38 bits per heavy atom. The highest BCUT2D eigenvalue weighted by molar-refractivity contribution is 5.38. The minimum absolute atomic E-state index is 0.267. The van der Waals surface area contributed by atoms with E-state index < -0.39 is 0 Å².